The van der Waals surface area contributed by atoms with E-state index in [-0.39, 0.29) is 16.9 Å². The zero-order valence-corrected chi connectivity index (χ0v) is 21.3. The van der Waals surface area contributed by atoms with E-state index in [0.717, 1.165) is 11.3 Å². The lowest BCUT2D eigenvalue weighted by molar-refractivity contribution is 0.355. The highest BCUT2D eigenvalue weighted by molar-refractivity contribution is 5.88. The number of anilines is 2. The second-order valence-electron chi connectivity index (χ2n) is 8.63. The van der Waals surface area contributed by atoms with Crippen LogP contribution in [0.15, 0.2) is 77.9 Å². The maximum absolute atomic E-state index is 15.2. The summed E-state index contributed by atoms with van der Waals surface area (Å²) in [6.07, 6.45) is 3.00. The lowest BCUT2D eigenvalue weighted by atomic mass is 10.1. The van der Waals surface area contributed by atoms with Gasteiger partial charge in [-0.3, -0.25) is 14.3 Å². The van der Waals surface area contributed by atoms with Crippen molar-refractivity contribution in [3.8, 4) is 34.1 Å². The maximum atomic E-state index is 15.2. The lowest BCUT2D eigenvalue weighted by Gasteiger charge is -2.14. The number of nitrogens with zero attached hydrogens (tertiary/aromatic N) is 3. The average molecular weight is 513 g/mol. The summed E-state index contributed by atoms with van der Waals surface area (Å²) in [5, 5.41) is 3.76. The monoisotopic (exact) mass is 512 g/mol. The fourth-order valence-electron chi connectivity index (χ4n) is 4.03. The molecule has 0 saturated carbocycles. The molecular weight excluding hydrogens is 487 g/mol. The molecule has 3 aromatic carbocycles. The Hall–Kier alpha value is -4.92. The third-order valence-electron chi connectivity index (χ3n) is 6.15. The number of hydrogen-bond donors (Lipinski definition) is 1. The van der Waals surface area contributed by atoms with Crippen LogP contribution in [0, 0.1) is 12.7 Å². The normalized spacial score (nSPS) is 10.9. The number of ether oxygens (including phenoxy) is 3. The van der Waals surface area contributed by atoms with Gasteiger partial charge >= 0.3 is 0 Å². The van der Waals surface area contributed by atoms with Crippen molar-refractivity contribution in [3.05, 3.63) is 94.8 Å². The van der Waals surface area contributed by atoms with Gasteiger partial charge in [-0.2, -0.15) is 0 Å². The van der Waals surface area contributed by atoms with Crippen LogP contribution < -0.4 is 25.1 Å². The van der Waals surface area contributed by atoms with E-state index in [4.69, 9.17) is 14.2 Å². The largest absolute Gasteiger partial charge is 0.493 e. The standard InChI is InChI=1S/C29H25FN4O4/c1-17-5-8-19(9-6-17)33-29-32-16-21(28(35)34(29)2)18-7-10-25(22(30)13-18)38-24-11-12-31-23-15-27(37-4)26(36-3)14-20(23)24/h5-16H,1-4H3,(H,32,33). The Kier molecular flexibility index (Phi) is 6.66. The molecule has 0 amide bonds. The molecule has 0 aliphatic carbocycles. The molecule has 0 fully saturated rings. The highest BCUT2D eigenvalue weighted by Crippen LogP contribution is 2.37. The molecule has 0 unspecified atom stereocenters. The predicted molar refractivity (Wildman–Crippen MR) is 144 cm³/mol. The van der Waals surface area contributed by atoms with Gasteiger partial charge in [0.2, 0.25) is 5.95 Å². The van der Waals surface area contributed by atoms with Gasteiger partial charge in [0.05, 0.1) is 25.3 Å². The molecule has 9 heteroatoms. The Morgan fingerprint density at radius 3 is 2.32 bits per heavy atom. The Morgan fingerprint density at radius 1 is 0.868 bits per heavy atom. The van der Waals surface area contributed by atoms with Gasteiger partial charge in [-0.1, -0.05) is 23.8 Å². The zero-order valence-electron chi connectivity index (χ0n) is 21.3. The van der Waals surface area contributed by atoms with Crippen LogP contribution in [0.2, 0.25) is 0 Å². The fraction of sp³-hybridized carbons (Fsp3) is 0.138. The summed E-state index contributed by atoms with van der Waals surface area (Å²) in [4.78, 5) is 21.8. The topological polar surface area (TPSA) is 87.5 Å². The summed E-state index contributed by atoms with van der Waals surface area (Å²) >= 11 is 0. The molecule has 0 aliphatic rings. The molecule has 2 aromatic heterocycles. The summed E-state index contributed by atoms with van der Waals surface area (Å²) in [7, 11) is 4.68. The molecule has 5 rings (SSSR count). The van der Waals surface area contributed by atoms with Gasteiger partial charge in [0.25, 0.3) is 5.56 Å². The predicted octanol–water partition coefficient (Wildman–Crippen LogP) is 6.00. The molecule has 2 heterocycles. The van der Waals surface area contributed by atoms with Gasteiger partial charge in [-0.05, 0) is 48.9 Å². The second kappa shape index (κ2) is 10.2. The Balaban J connectivity index is 1.44. The Morgan fingerprint density at radius 2 is 1.61 bits per heavy atom. The van der Waals surface area contributed by atoms with Gasteiger partial charge in [-0.25, -0.2) is 9.37 Å². The quantitative estimate of drug-likeness (QED) is 0.286. The van der Waals surface area contributed by atoms with Gasteiger partial charge in [0.1, 0.15) is 5.75 Å². The molecule has 0 aliphatic heterocycles. The van der Waals surface area contributed by atoms with E-state index in [2.05, 4.69) is 15.3 Å². The summed E-state index contributed by atoms with van der Waals surface area (Å²) in [5.41, 5.74) is 2.86. The number of pyridine rings is 1. The molecule has 5 aromatic rings. The molecule has 1 N–H and O–H groups in total. The van der Waals surface area contributed by atoms with Crippen LogP contribution in [0.3, 0.4) is 0 Å². The second-order valence-corrected chi connectivity index (χ2v) is 8.63. The maximum Gasteiger partial charge on any atom is 0.262 e. The average Bonchev–Trinajstić information content (AvgIpc) is 2.93. The first kappa shape index (κ1) is 24.8. The highest BCUT2D eigenvalue weighted by Gasteiger charge is 2.15. The molecule has 0 atom stereocenters. The van der Waals surface area contributed by atoms with Gasteiger partial charge in [-0.15, -0.1) is 0 Å². The number of nitrogens with one attached hydrogen (secondary N) is 1. The Bertz CT molecular complexity index is 1700. The number of methoxy groups -OCH3 is 2. The number of fused-ring (bicyclic) bond motifs is 1. The van der Waals surface area contributed by atoms with Crippen LogP contribution in [0.25, 0.3) is 22.0 Å². The van der Waals surface area contributed by atoms with E-state index in [1.165, 1.54) is 37.1 Å². The van der Waals surface area contributed by atoms with Gasteiger partial charge < -0.3 is 19.5 Å². The smallest absolute Gasteiger partial charge is 0.262 e. The third-order valence-corrected chi connectivity index (χ3v) is 6.15. The lowest BCUT2D eigenvalue weighted by Crippen LogP contribution is -2.22. The van der Waals surface area contributed by atoms with Crippen molar-refractivity contribution in [2.45, 2.75) is 6.92 Å². The van der Waals surface area contributed by atoms with Crippen molar-refractivity contribution in [2.75, 3.05) is 19.5 Å². The molecular formula is C29H25FN4O4. The van der Waals surface area contributed by atoms with Crippen LogP contribution in [0.5, 0.6) is 23.0 Å². The molecule has 0 bridgehead atoms. The zero-order chi connectivity index (χ0) is 26.8. The van der Waals surface area contributed by atoms with Crippen molar-refractivity contribution in [3.63, 3.8) is 0 Å². The fourth-order valence-corrected chi connectivity index (χ4v) is 4.03. The van der Waals surface area contributed by atoms with Crippen molar-refractivity contribution in [1.29, 1.82) is 0 Å². The van der Waals surface area contributed by atoms with Crippen LogP contribution in [0.4, 0.5) is 16.0 Å². The van der Waals surface area contributed by atoms with Crippen LogP contribution in [-0.4, -0.2) is 28.8 Å². The van der Waals surface area contributed by atoms with E-state index >= 15 is 4.39 Å². The molecule has 8 nitrogen and oxygen atoms in total. The number of hydrogen-bond acceptors (Lipinski definition) is 7. The van der Waals surface area contributed by atoms with Crippen LogP contribution in [0.1, 0.15) is 5.56 Å². The molecule has 0 radical (unpaired) electrons. The van der Waals surface area contributed by atoms with Crippen molar-refractivity contribution in [1.82, 2.24) is 14.5 Å². The van der Waals surface area contributed by atoms with E-state index in [1.807, 2.05) is 31.2 Å². The summed E-state index contributed by atoms with van der Waals surface area (Å²) in [5.74, 6) is 1.16. The first-order valence-electron chi connectivity index (χ1n) is 11.8. The summed E-state index contributed by atoms with van der Waals surface area (Å²) < 4.78 is 33.2. The van der Waals surface area contributed by atoms with E-state index < -0.39 is 5.82 Å². The first-order chi connectivity index (χ1) is 18.4. The first-order valence-corrected chi connectivity index (χ1v) is 11.8. The van der Waals surface area contributed by atoms with Gasteiger partial charge in [0.15, 0.2) is 23.1 Å². The minimum atomic E-state index is -0.628. The molecule has 192 valence electrons. The van der Waals surface area contributed by atoms with Crippen molar-refractivity contribution >= 4 is 22.5 Å². The molecule has 0 spiro atoms. The van der Waals surface area contributed by atoms with Crippen molar-refractivity contribution < 1.29 is 18.6 Å². The number of aromatic nitrogens is 3. The number of aryl methyl sites for hydroxylation is 1. The van der Waals surface area contributed by atoms with E-state index in [1.54, 1.807) is 37.5 Å². The minimum Gasteiger partial charge on any atom is -0.493 e. The number of benzene rings is 3. The van der Waals surface area contributed by atoms with Crippen LogP contribution in [-0.2, 0) is 7.05 Å². The Labute approximate surface area is 218 Å². The molecule has 0 saturated heterocycles. The minimum absolute atomic E-state index is 0.00141. The number of rotatable bonds is 7. The summed E-state index contributed by atoms with van der Waals surface area (Å²) in [6, 6.07) is 17.2. The van der Waals surface area contributed by atoms with Crippen molar-refractivity contribution in [2.24, 2.45) is 7.05 Å². The third kappa shape index (κ3) is 4.73. The van der Waals surface area contributed by atoms with Gasteiger partial charge in [0, 0.05) is 36.6 Å². The van der Waals surface area contributed by atoms with Crippen LogP contribution >= 0.6 is 0 Å². The highest BCUT2D eigenvalue weighted by atomic mass is 19.1. The molecule has 38 heavy (non-hydrogen) atoms. The van der Waals surface area contributed by atoms with E-state index in [9.17, 15) is 4.79 Å². The van der Waals surface area contributed by atoms with E-state index in [0.29, 0.717) is 39.7 Å². The SMILES string of the molecule is COc1cc2nccc(Oc3ccc(-c4cnc(Nc5ccc(C)cc5)n(C)c4=O)cc3F)c2cc1OC. The summed E-state index contributed by atoms with van der Waals surface area (Å²) in [6.45, 7) is 2.00. The number of halogens is 1.